The van der Waals surface area contributed by atoms with E-state index < -0.39 is 21.3 Å². The molecule has 2 aliphatic rings. The van der Waals surface area contributed by atoms with Crippen molar-refractivity contribution < 1.29 is 26.7 Å². The van der Waals surface area contributed by atoms with Gasteiger partial charge in [0.25, 0.3) is 0 Å². The minimum absolute atomic E-state index is 0.0384. The number of likely N-dealkylation sites (N-methyl/N-ethyl adjacent to an activating group) is 1. The van der Waals surface area contributed by atoms with Crippen molar-refractivity contribution in [2.45, 2.75) is 31.1 Å². The lowest BCUT2D eigenvalue weighted by atomic mass is 9.76. The van der Waals surface area contributed by atoms with Crippen molar-refractivity contribution in [3.8, 4) is 5.75 Å². The molecule has 0 unspecified atom stereocenters. The van der Waals surface area contributed by atoms with Crippen LogP contribution in [0.2, 0.25) is 0 Å². The number of ether oxygens (including phenoxy) is 1. The molecule has 2 saturated heterocycles. The van der Waals surface area contributed by atoms with Crippen molar-refractivity contribution >= 4 is 15.9 Å². The number of benzene rings is 2. The van der Waals surface area contributed by atoms with Crippen LogP contribution < -0.4 is 4.74 Å². The van der Waals surface area contributed by atoms with Gasteiger partial charge in [-0.2, -0.15) is 4.31 Å². The summed E-state index contributed by atoms with van der Waals surface area (Å²) in [5, 5.41) is 0. The monoisotopic (exact) mass is 521 g/mol. The Morgan fingerprint density at radius 3 is 2.17 bits per heavy atom. The summed E-state index contributed by atoms with van der Waals surface area (Å²) in [6.07, 6.45) is 1.13. The van der Waals surface area contributed by atoms with Crippen LogP contribution in [-0.4, -0.2) is 81.4 Å². The third-order valence-corrected chi connectivity index (χ3v) is 9.34. The molecule has 7 nitrogen and oxygen atoms in total. The zero-order valence-corrected chi connectivity index (χ0v) is 21.6. The van der Waals surface area contributed by atoms with E-state index in [1.54, 1.807) is 19.1 Å². The number of carbonyl (C=O) groups excluding carboxylic acids is 1. The summed E-state index contributed by atoms with van der Waals surface area (Å²) in [6.45, 7) is 5.20. The molecule has 1 amide bonds. The van der Waals surface area contributed by atoms with Crippen LogP contribution in [0.25, 0.3) is 0 Å². The molecule has 196 valence electrons. The molecule has 0 N–H and O–H groups in total. The van der Waals surface area contributed by atoms with Crippen LogP contribution in [0.3, 0.4) is 0 Å². The van der Waals surface area contributed by atoms with Crippen LogP contribution >= 0.6 is 0 Å². The molecule has 0 radical (unpaired) electrons. The van der Waals surface area contributed by atoms with E-state index in [4.69, 9.17) is 4.74 Å². The van der Waals surface area contributed by atoms with Gasteiger partial charge in [-0.25, -0.2) is 17.2 Å². The first-order valence-electron chi connectivity index (χ1n) is 12.2. The number of nitrogens with zero attached hydrogens (tertiary/aromatic N) is 3. The predicted molar refractivity (Wildman–Crippen MR) is 132 cm³/mol. The number of piperazine rings is 1. The van der Waals surface area contributed by atoms with Crippen LogP contribution in [0.5, 0.6) is 5.75 Å². The Bertz CT molecular complexity index is 1170. The summed E-state index contributed by atoms with van der Waals surface area (Å²) in [4.78, 5) is 17.4. The fourth-order valence-corrected chi connectivity index (χ4v) is 6.52. The maximum Gasteiger partial charge on any atom is 0.243 e. The van der Waals surface area contributed by atoms with Crippen molar-refractivity contribution in [2.24, 2.45) is 5.41 Å². The molecule has 10 heteroatoms. The molecule has 2 heterocycles. The molecular weight excluding hydrogens is 488 g/mol. The number of hydrogen-bond donors (Lipinski definition) is 0. The van der Waals surface area contributed by atoms with Gasteiger partial charge in [0.05, 0.1) is 11.5 Å². The van der Waals surface area contributed by atoms with Crippen molar-refractivity contribution in [1.29, 1.82) is 0 Å². The van der Waals surface area contributed by atoms with Gasteiger partial charge in [-0.05, 0) is 74.8 Å². The predicted octanol–water partition coefficient (Wildman–Crippen LogP) is 3.29. The second-order valence-corrected chi connectivity index (χ2v) is 11.8. The Morgan fingerprint density at radius 2 is 1.56 bits per heavy atom. The van der Waals surface area contributed by atoms with Crippen LogP contribution in [0.4, 0.5) is 8.78 Å². The van der Waals surface area contributed by atoms with Crippen LogP contribution in [0.1, 0.15) is 24.8 Å². The maximum atomic E-state index is 13.5. The largest absolute Gasteiger partial charge is 0.493 e. The Hall–Kier alpha value is -2.56. The van der Waals surface area contributed by atoms with E-state index in [2.05, 4.69) is 4.90 Å². The second-order valence-electron chi connectivity index (χ2n) is 9.92. The lowest BCUT2D eigenvalue weighted by Gasteiger charge is -2.42. The number of piperidine rings is 1. The Balaban J connectivity index is 1.50. The van der Waals surface area contributed by atoms with Crippen molar-refractivity contribution in [1.82, 2.24) is 14.1 Å². The summed E-state index contributed by atoms with van der Waals surface area (Å²) in [6, 6.07) is 9.39. The zero-order valence-electron chi connectivity index (χ0n) is 20.8. The first-order valence-corrected chi connectivity index (χ1v) is 13.6. The molecule has 2 aromatic rings. The number of halogens is 2. The highest BCUT2D eigenvalue weighted by molar-refractivity contribution is 7.89. The summed E-state index contributed by atoms with van der Waals surface area (Å²) in [7, 11) is -1.78. The van der Waals surface area contributed by atoms with Gasteiger partial charge in [-0.15, -0.1) is 0 Å². The van der Waals surface area contributed by atoms with E-state index in [0.717, 1.165) is 19.2 Å². The molecule has 0 saturated carbocycles. The summed E-state index contributed by atoms with van der Waals surface area (Å²) >= 11 is 0. The van der Waals surface area contributed by atoms with Crippen molar-refractivity contribution in [3.63, 3.8) is 0 Å². The highest BCUT2D eigenvalue weighted by Crippen LogP contribution is 2.38. The molecular formula is C26H33F2N3O4S. The molecule has 0 bridgehead atoms. The molecule has 0 aliphatic carbocycles. The maximum absolute atomic E-state index is 13.5. The molecule has 2 fully saturated rings. The Labute approximate surface area is 211 Å². The van der Waals surface area contributed by atoms with Gasteiger partial charge in [0.1, 0.15) is 17.4 Å². The number of aryl methyl sites for hydroxylation is 1. The van der Waals surface area contributed by atoms with E-state index in [9.17, 15) is 22.0 Å². The van der Waals surface area contributed by atoms with E-state index >= 15 is 0 Å². The molecule has 36 heavy (non-hydrogen) atoms. The first-order chi connectivity index (χ1) is 17.1. The van der Waals surface area contributed by atoms with E-state index in [0.29, 0.717) is 37.2 Å². The van der Waals surface area contributed by atoms with Crippen molar-refractivity contribution in [3.05, 3.63) is 59.7 Å². The molecule has 4 rings (SSSR count). The van der Waals surface area contributed by atoms with Crippen LogP contribution in [-0.2, 0) is 14.8 Å². The number of rotatable bonds is 7. The van der Waals surface area contributed by atoms with E-state index in [1.807, 2.05) is 11.9 Å². The van der Waals surface area contributed by atoms with Crippen LogP contribution in [0, 0.1) is 24.0 Å². The number of carbonyl (C=O) groups is 1. The molecule has 2 aliphatic heterocycles. The van der Waals surface area contributed by atoms with Gasteiger partial charge >= 0.3 is 0 Å². The van der Waals surface area contributed by atoms with Gasteiger partial charge in [0, 0.05) is 51.1 Å². The average molecular weight is 522 g/mol. The summed E-state index contributed by atoms with van der Waals surface area (Å²) in [5.74, 6) is -0.308. The topological polar surface area (TPSA) is 70.2 Å². The summed E-state index contributed by atoms with van der Waals surface area (Å²) < 4.78 is 60.9. The third kappa shape index (κ3) is 6.04. The molecule has 2 aromatic carbocycles. The zero-order chi connectivity index (χ0) is 25.9. The smallest absolute Gasteiger partial charge is 0.243 e. The van der Waals surface area contributed by atoms with Crippen molar-refractivity contribution in [2.75, 3.05) is 52.9 Å². The second kappa shape index (κ2) is 10.8. The van der Waals surface area contributed by atoms with Gasteiger partial charge in [0.2, 0.25) is 15.9 Å². The molecule has 0 aromatic heterocycles. The third-order valence-electron chi connectivity index (χ3n) is 7.28. The number of sulfonamides is 1. The van der Waals surface area contributed by atoms with Crippen LogP contribution in [0.15, 0.2) is 47.4 Å². The number of hydrogen-bond acceptors (Lipinski definition) is 5. The Kier molecular flexibility index (Phi) is 7.96. The molecule has 0 spiro atoms. The van der Waals surface area contributed by atoms with Gasteiger partial charge in [0.15, 0.2) is 0 Å². The average Bonchev–Trinajstić information content (AvgIpc) is 2.84. The minimum Gasteiger partial charge on any atom is -0.493 e. The van der Waals surface area contributed by atoms with E-state index in [1.165, 1.54) is 28.6 Å². The number of amides is 1. The first kappa shape index (κ1) is 26.5. The van der Waals surface area contributed by atoms with Gasteiger partial charge in [-0.1, -0.05) is 0 Å². The lowest BCUT2D eigenvalue weighted by Crippen LogP contribution is -2.51. The highest BCUT2D eigenvalue weighted by Gasteiger charge is 2.42. The summed E-state index contributed by atoms with van der Waals surface area (Å²) in [5.41, 5.74) is -0.199. The standard InChI is InChI=1S/C26H33F2N3O4S/c1-20-17-22(28)5-8-24(20)36(33,34)31-11-9-26(10-12-31,19-35-23-6-3-21(27)4-7-23)18-25(32)30-15-13-29(2)14-16-30/h3-8,17H,9-16,18-19H2,1-2H3. The Morgan fingerprint density at radius 1 is 0.944 bits per heavy atom. The lowest BCUT2D eigenvalue weighted by molar-refractivity contribution is -0.136. The fourth-order valence-electron chi connectivity index (χ4n) is 4.87. The SMILES string of the molecule is Cc1cc(F)ccc1S(=O)(=O)N1CCC(COc2ccc(F)cc2)(CC(=O)N2CCN(C)CC2)CC1. The van der Waals surface area contributed by atoms with E-state index in [-0.39, 0.29) is 42.7 Å². The normalized spacial score (nSPS) is 19.3. The fraction of sp³-hybridized carbons (Fsp3) is 0.500. The highest BCUT2D eigenvalue weighted by atomic mass is 32.2. The van der Waals surface area contributed by atoms with Gasteiger partial charge < -0.3 is 14.5 Å². The molecule has 0 atom stereocenters. The van der Waals surface area contributed by atoms with Gasteiger partial charge in [-0.3, -0.25) is 4.79 Å². The quantitative estimate of drug-likeness (QED) is 0.559. The minimum atomic E-state index is -3.80.